The van der Waals surface area contributed by atoms with E-state index in [2.05, 4.69) is 55.5 Å². The molecule has 1 atom stereocenters. The molecule has 0 saturated heterocycles. The van der Waals surface area contributed by atoms with Crippen LogP contribution in [0, 0.1) is 20.8 Å². The summed E-state index contributed by atoms with van der Waals surface area (Å²) in [5.74, 6) is 0. The van der Waals surface area contributed by atoms with Crippen molar-refractivity contribution >= 4 is 38.3 Å². The van der Waals surface area contributed by atoms with Gasteiger partial charge in [0.1, 0.15) is 0 Å². The van der Waals surface area contributed by atoms with Gasteiger partial charge in [0.05, 0.1) is 0 Å². The normalized spacial score (nSPS) is 10.7. The Hall–Kier alpha value is -1.64. The molecule has 0 heterocycles. The molecule has 0 fully saturated rings. The third kappa shape index (κ3) is 4.71. The predicted molar refractivity (Wildman–Crippen MR) is 112 cm³/mol. The van der Waals surface area contributed by atoms with Gasteiger partial charge in [0.25, 0.3) is 0 Å². The first-order valence-corrected chi connectivity index (χ1v) is 9.09. The Balaban J connectivity index is 0.00000225. The minimum atomic E-state index is 0. The average Bonchev–Trinajstić information content (AvgIpc) is 2.55. The SMILES string of the molecule is Cc1cc(C)c(C(=O)Pc2ccc(-c3ccccc3)cc2)c(C)c1.[LiH]. The molecule has 122 valence electrons. The maximum absolute atomic E-state index is 12.7. The van der Waals surface area contributed by atoms with Crippen molar-refractivity contribution in [2.45, 2.75) is 20.8 Å². The molecule has 1 unspecified atom stereocenters. The van der Waals surface area contributed by atoms with Crippen molar-refractivity contribution in [3.8, 4) is 11.1 Å². The minimum absolute atomic E-state index is 0. The van der Waals surface area contributed by atoms with Gasteiger partial charge in [-0.3, -0.25) is 4.79 Å². The van der Waals surface area contributed by atoms with Crippen molar-refractivity contribution in [2.75, 3.05) is 0 Å². The molecule has 3 rings (SSSR count). The molecule has 3 aromatic rings. The van der Waals surface area contributed by atoms with E-state index in [0.29, 0.717) is 0 Å². The van der Waals surface area contributed by atoms with Gasteiger partial charge in [0.15, 0.2) is 5.52 Å². The molecule has 0 bridgehead atoms. The summed E-state index contributed by atoms with van der Waals surface area (Å²) in [4.78, 5) is 12.7. The number of carbonyl (C=O) groups is 1. The fourth-order valence-corrected chi connectivity index (χ4v) is 4.22. The predicted octanol–water partition coefficient (Wildman–Crippen LogP) is 4.77. The second-order valence-electron chi connectivity index (χ2n) is 6.17. The van der Waals surface area contributed by atoms with Crippen LogP contribution in [0.15, 0.2) is 66.7 Å². The molecule has 0 saturated carbocycles. The van der Waals surface area contributed by atoms with Crippen LogP contribution in [0.5, 0.6) is 0 Å². The Morgan fingerprint density at radius 1 is 0.760 bits per heavy atom. The van der Waals surface area contributed by atoms with E-state index in [1.54, 1.807) is 0 Å². The van der Waals surface area contributed by atoms with Crippen molar-refractivity contribution in [3.63, 3.8) is 0 Å². The van der Waals surface area contributed by atoms with Crippen LogP contribution in [-0.2, 0) is 0 Å². The van der Waals surface area contributed by atoms with E-state index in [1.807, 2.05) is 32.0 Å². The summed E-state index contributed by atoms with van der Waals surface area (Å²) < 4.78 is 0. The average molecular weight is 340 g/mol. The van der Waals surface area contributed by atoms with Gasteiger partial charge in [0, 0.05) is 5.56 Å². The van der Waals surface area contributed by atoms with E-state index in [-0.39, 0.29) is 33.0 Å². The molecule has 3 heteroatoms. The monoisotopic (exact) mass is 340 g/mol. The van der Waals surface area contributed by atoms with Gasteiger partial charge in [-0.15, -0.1) is 0 Å². The van der Waals surface area contributed by atoms with Gasteiger partial charge in [-0.2, -0.15) is 0 Å². The van der Waals surface area contributed by atoms with E-state index >= 15 is 0 Å². The van der Waals surface area contributed by atoms with Gasteiger partial charge in [-0.1, -0.05) is 72.3 Å². The van der Waals surface area contributed by atoms with Crippen LogP contribution < -0.4 is 5.30 Å². The zero-order chi connectivity index (χ0) is 17.1. The number of hydrogen-bond acceptors (Lipinski definition) is 1. The van der Waals surface area contributed by atoms with Gasteiger partial charge >= 0.3 is 18.9 Å². The molecule has 0 aliphatic rings. The van der Waals surface area contributed by atoms with Crippen LogP contribution in [0.2, 0.25) is 0 Å². The number of carbonyl (C=O) groups excluding carboxylic acids is 1. The Morgan fingerprint density at radius 3 is 1.84 bits per heavy atom. The summed E-state index contributed by atoms with van der Waals surface area (Å²) in [6, 6.07) is 22.8. The summed E-state index contributed by atoms with van der Waals surface area (Å²) >= 11 is 0. The third-order valence-corrected chi connectivity index (χ3v) is 5.25. The number of benzene rings is 3. The summed E-state index contributed by atoms with van der Waals surface area (Å²) in [5, 5.41) is 1.08. The van der Waals surface area contributed by atoms with Gasteiger partial charge in [-0.05, 0) is 56.9 Å². The molecule has 0 spiro atoms. The van der Waals surface area contributed by atoms with E-state index in [9.17, 15) is 4.79 Å². The van der Waals surface area contributed by atoms with Crippen LogP contribution in [0.1, 0.15) is 27.0 Å². The molecule has 0 N–H and O–H groups in total. The molecule has 0 aliphatic carbocycles. The summed E-state index contributed by atoms with van der Waals surface area (Å²) in [5.41, 5.74) is 6.83. The van der Waals surface area contributed by atoms with E-state index in [0.717, 1.165) is 22.0 Å². The second kappa shape index (κ2) is 8.64. The molecule has 0 radical (unpaired) electrons. The van der Waals surface area contributed by atoms with E-state index in [4.69, 9.17) is 0 Å². The standard InChI is InChI=1S/C22H21OP.Li.H/c1-15-13-16(2)21(17(3)14-15)22(23)24-20-11-9-19(10-12-20)18-7-5-4-6-8-18;;/h4-14,24H,1-3H3;;. The zero-order valence-electron chi connectivity index (χ0n) is 14.3. The molecule has 1 nitrogen and oxygen atoms in total. The molecule has 0 aliphatic heterocycles. The summed E-state index contributed by atoms with van der Waals surface area (Å²) in [6.07, 6.45) is 0. The van der Waals surface area contributed by atoms with Crippen molar-refractivity contribution in [1.29, 1.82) is 0 Å². The number of rotatable bonds is 4. The molecular formula is C22H22LiOP. The van der Waals surface area contributed by atoms with Crippen molar-refractivity contribution < 1.29 is 4.79 Å². The van der Waals surface area contributed by atoms with Crippen molar-refractivity contribution in [3.05, 3.63) is 89.0 Å². The van der Waals surface area contributed by atoms with Crippen LogP contribution in [0.25, 0.3) is 11.1 Å². The first kappa shape index (κ1) is 19.7. The molecular weight excluding hydrogens is 318 g/mol. The Bertz CT molecular complexity index is 847. The Labute approximate surface area is 163 Å². The fraction of sp³-hybridized carbons (Fsp3) is 0.136. The molecule has 3 aromatic carbocycles. The molecule has 0 amide bonds. The topological polar surface area (TPSA) is 17.1 Å². The zero-order valence-corrected chi connectivity index (χ0v) is 15.3. The Morgan fingerprint density at radius 2 is 1.28 bits per heavy atom. The first-order valence-electron chi connectivity index (χ1n) is 8.09. The van der Waals surface area contributed by atoms with Gasteiger partial charge in [-0.25, -0.2) is 0 Å². The summed E-state index contributed by atoms with van der Waals surface area (Å²) in [7, 11) is 0.160. The van der Waals surface area contributed by atoms with Crippen LogP contribution in [-0.4, -0.2) is 24.4 Å². The fourth-order valence-electron chi connectivity index (χ4n) is 3.11. The first-order chi connectivity index (χ1) is 11.5. The molecule has 0 aromatic heterocycles. The quantitative estimate of drug-likeness (QED) is 0.494. The van der Waals surface area contributed by atoms with Crippen LogP contribution in [0.3, 0.4) is 0 Å². The van der Waals surface area contributed by atoms with Crippen LogP contribution in [0.4, 0.5) is 0 Å². The van der Waals surface area contributed by atoms with Gasteiger partial charge < -0.3 is 0 Å². The van der Waals surface area contributed by atoms with Gasteiger partial charge in [0.2, 0.25) is 0 Å². The number of aryl methyl sites for hydroxylation is 3. The van der Waals surface area contributed by atoms with E-state index < -0.39 is 0 Å². The maximum atomic E-state index is 12.7. The van der Waals surface area contributed by atoms with Crippen molar-refractivity contribution in [1.82, 2.24) is 0 Å². The van der Waals surface area contributed by atoms with Crippen molar-refractivity contribution in [2.24, 2.45) is 0 Å². The third-order valence-electron chi connectivity index (χ3n) is 4.15. The van der Waals surface area contributed by atoms with E-state index in [1.165, 1.54) is 16.7 Å². The second-order valence-corrected chi connectivity index (χ2v) is 7.45. The number of hydrogen-bond donors (Lipinski definition) is 0. The molecule has 25 heavy (non-hydrogen) atoms. The summed E-state index contributed by atoms with van der Waals surface area (Å²) in [6.45, 7) is 6.12. The Kier molecular flexibility index (Phi) is 6.80. The van der Waals surface area contributed by atoms with Crippen LogP contribution >= 0.6 is 8.58 Å².